The van der Waals surface area contributed by atoms with Gasteiger partial charge < -0.3 is 5.32 Å². The van der Waals surface area contributed by atoms with E-state index in [2.05, 4.69) is 64.1 Å². The van der Waals surface area contributed by atoms with Crippen LogP contribution in [0.15, 0.2) is 29.3 Å². The second-order valence-corrected chi connectivity index (χ2v) is 6.34. The van der Waals surface area contributed by atoms with Gasteiger partial charge in [-0.05, 0) is 53.3 Å². The Bertz CT molecular complexity index is 375. The van der Waals surface area contributed by atoms with Crippen molar-refractivity contribution in [3.8, 4) is 0 Å². The summed E-state index contributed by atoms with van der Waals surface area (Å²) in [6.45, 7) is 3.19. The van der Waals surface area contributed by atoms with Crippen molar-refractivity contribution in [2.75, 3.05) is 11.9 Å². The molecule has 1 heterocycles. The molecule has 1 unspecified atom stereocenters. The highest BCUT2D eigenvalue weighted by Crippen LogP contribution is 2.25. The number of hydrogen-bond donors (Lipinski definition) is 1. The van der Waals surface area contributed by atoms with E-state index in [1.165, 1.54) is 16.4 Å². The van der Waals surface area contributed by atoms with Gasteiger partial charge in [-0.3, -0.25) is 4.99 Å². The number of rotatable bonds is 3. The van der Waals surface area contributed by atoms with E-state index in [1.807, 2.05) is 11.8 Å². The molecule has 86 valence electrons. The van der Waals surface area contributed by atoms with Gasteiger partial charge in [0.25, 0.3) is 0 Å². The van der Waals surface area contributed by atoms with Crippen molar-refractivity contribution >= 4 is 45.2 Å². The van der Waals surface area contributed by atoms with Gasteiger partial charge >= 0.3 is 0 Å². The van der Waals surface area contributed by atoms with Crippen molar-refractivity contribution in [3.05, 3.63) is 27.8 Å². The molecular weight excluding hydrogens is 331 g/mol. The van der Waals surface area contributed by atoms with Crippen LogP contribution in [0.5, 0.6) is 0 Å². The molecule has 0 spiro atoms. The number of hydrogen-bond acceptors (Lipinski definition) is 3. The van der Waals surface area contributed by atoms with Crippen molar-refractivity contribution in [1.29, 1.82) is 0 Å². The van der Waals surface area contributed by atoms with Gasteiger partial charge in [0, 0.05) is 14.5 Å². The number of amidine groups is 1. The van der Waals surface area contributed by atoms with Crippen LogP contribution in [-0.4, -0.2) is 17.0 Å². The van der Waals surface area contributed by atoms with E-state index in [9.17, 15) is 0 Å². The molecule has 1 aromatic rings. The van der Waals surface area contributed by atoms with Crippen molar-refractivity contribution in [2.24, 2.45) is 4.99 Å². The second kappa shape index (κ2) is 5.91. The third-order valence-corrected chi connectivity index (χ3v) is 4.31. The molecule has 16 heavy (non-hydrogen) atoms. The Hall–Kier alpha value is -0.230. The predicted octanol–water partition coefficient (Wildman–Crippen LogP) is 3.97. The molecule has 1 atom stereocenters. The van der Waals surface area contributed by atoms with Gasteiger partial charge in [-0.2, -0.15) is 0 Å². The molecule has 0 aliphatic carbocycles. The standard InChI is InChI=1S/C12H15IN2S/c1-2-3-11-8-14-12(16-11)15-10-6-4-9(13)5-7-10/h4-7,11H,2-3,8H2,1H3,(H,14,15). The first kappa shape index (κ1) is 12.2. The minimum absolute atomic E-state index is 0.677. The van der Waals surface area contributed by atoms with E-state index in [0.29, 0.717) is 5.25 Å². The van der Waals surface area contributed by atoms with Gasteiger partial charge in [0.2, 0.25) is 0 Å². The highest BCUT2D eigenvalue weighted by Gasteiger charge is 2.18. The number of nitrogens with one attached hydrogen (secondary N) is 1. The zero-order valence-corrected chi connectivity index (χ0v) is 12.2. The van der Waals surface area contributed by atoms with E-state index in [1.54, 1.807) is 0 Å². The third-order valence-electron chi connectivity index (χ3n) is 2.42. The summed E-state index contributed by atoms with van der Waals surface area (Å²) in [6.07, 6.45) is 2.50. The van der Waals surface area contributed by atoms with E-state index in [4.69, 9.17) is 0 Å². The quantitative estimate of drug-likeness (QED) is 0.838. The lowest BCUT2D eigenvalue weighted by Crippen LogP contribution is -2.07. The zero-order chi connectivity index (χ0) is 11.4. The summed E-state index contributed by atoms with van der Waals surface area (Å²) in [5.74, 6) is 0. The molecular formula is C12H15IN2S. The van der Waals surface area contributed by atoms with Crippen molar-refractivity contribution in [2.45, 2.75) is 25.0 Å². The average Bonchev–Trinajstić information content (AvgIpc) is 2.70. The fourth-order valence-electron chi connectivity index (χ4n) is 1.62. The van der Waals surface area contributed by atoms with Crippen LogP contribution in [-0.2, 0) is 0 Å². The normalized spacial score (nSPS) is 19.6. The van der Waals surface area contributed by atoms with E-state index in [-0.39, 0.29) is 0 Å². The Morgan fingerprint density at radius 1 is 1.44 bits per heavy atom. The van der Waals surface area contributed by atoms with Gasteiger partial charge in [0.15, 0.2) is 5.17 Å². The van der Waals surface area contributed by atoms with Gasteiger partial charge in [0.05, 0.1) is 6.54 Å². The molecule has 0 fully saturated rings. The van der Waals surface area contributed by atoms with Crippen LogP contribution in [0.25, 0.3) is 0 Å². The topological polar surface area (TPSA) is 24.4 Å². The van der Waals surface area contributed by atoms with Gasteiger partial charge in [0.1, 0.15) is 0 Å². The maximum absolute atomic E-state index is 4.52. The number of benzene rings is 1. The predicted molar refractivity (Wildman–Crippen MR) is 81.4 cm³/mol. The molecule has 0 aromatic heterocycles. The van der Waals surface area contributed by atoms with Crippen LogP contribution in [0.3, 0.4) is 0 Å². The first-order chi connectivity index (χ1) is 7.78. The maximum atomic E-state index is 4.52. The molecule has 1 aliphatic heterocycles. The summed E-state index contributed by atoms with van der Waals surface area (Å²) in [5.41, 5.74) is 1.13. The Morgan fingerprint density at radius 3 is 2.88 bits per heavy atom. The Morgan fingerprint density at radius 2 is 2.19 bits per heavy atom. The molecule has 0 bridgehead atoms. The number of thioether (sulfide) groups is 1. The lowest BCUT2D eigenvalue weighted by molar-refractivity contribution is 0.754. The van der Waals surface area contributed by atoms with Gasteiger partial charge in [-0.15, -0.1) is 0 Å². The second-order valence-electron chi connectivity index (χ2n) is 3.81. The molecule has 2 rings (SSSR count). The highest BCUT2D eigenvalue weighted by molar-refractivity contribution is 14.1. The summed E-state index contributed by atoms with van der Waals surface area (Å²) >= 11 is 4.18. The summed E-state index contributed by atoms with van der Waals surface area (Å²) in [6, 6.07) is 8.40. The monoisotopic (exact) mass is 346 g/mol. The first-order valence-electron chi connectivity index (χ1n) is 5.51. The van der Waals surface area contributed by atoms with Crippen LogP contribution >= 0.6 is 34.4 Å². The molecule has 4 heteroatoms. The SMILES string of the molecule is CCCC1CN=C(Nc2ccc(I)cc2)S1. The number of aliphatic imine (C=N–C) groups is 1. The van der Waals surface area contributed by atoms with Crippen LogP contribution in [0.2, 0.25) is 0 Å². The van der Waals surface area contributed by atoms with Gasteiger partial charge in [-0.25, -0.2) is 0 Å². The fraction of sp³-hybridized carbons (Fsp3) is 0.417. The Balaban J connectivity index is 1.89. The van der Waals surface area contributed by atoms with Crippen LogP contribution in [0.4, 0.5) is 5.69 Å². The molecule has 1 aromatic carbocycles. The molecule has 1 aliphatic rings. The lowest BCUT2D eigenvalue weighted by atomic mass is 10.2. The molecule has 0 radical (unpaired) electrons. The smallest absolute Gasteiger partial charge is 0.161 e. The van der Waals surface area contributed by atoms with Crippen LogP contribution in [0, 0.1) is 3.57 Å². The number of anilines is 1. The minimum Gasteiger partial charge on any atom is -0.335 e. The summed E-state index contributed by atoms with van der Waals surface area (Å²) in [7, 11) is 0. The van der Waals surface area contributed by atoms with E-state index < -0.39 is 0 Å². The first-order valence-corrected chi connectivity index (χ1v) is 7.47. The molecule has 1 N–H and O–H groups in total. The summed E-state index contributed by atoms with van der Waals surface area (Å²) < 4.78 is 1.26. The fourth-order valence-corrected chi connectivity index (χ4v) is 3.12. The molecule has 2 nitrogen and oxygen atoms in total. The molecule has 0 amide bonds. The van der Waals surface area contributed by atoms with E-state index in [0.717, 1.165) is 17.4 Å². The van der Waals surface area contributed by atoms with Crippen LogP contribution in [0.1, 0.15) is 19.8 Å². The van der Waals surface area contributed by atoms with Gasteiger partial charge in [-0.1, -0.05) is 25.1 Å². The Kier molecular flexibility index (Phi) is 4.52. The van der Waals surface area contributed by atoms with Crippen molar-refractivity contribution in [3.63, 3.8) is 0 Å². The Labute approximate surface area is 114 Å². The average molecular weight is 346 g/mol. The highest BCUT2D eigenvalue weighted by atomic mass is 127. The molecule has 0 saturated heterocycles. The summed E-state index contributed by atoms with van der Waals surface area (Å²) in [5, 5.41) is 5.11. The van der Waals surface area contributed by atoms with Crippen molar-refractivity contribution in [1.82, 2.24) is 0 Å². The largest absolute Gasteiger partial charge is 0.335 e. The van der Waals surface area contributed by atoms with Crippen LogP contribution < -0.4 is 5.32 Å². The number of nitrogens with zero attached hydrogens (tertiary/aromatic N) is 1. The third kappa shape index (κ3) is 3.38. The minimum atomic E-state index is 0.677. The number of halogens is 1. The lowest BCUT2D eigenvalue weighted by Gasteiger charge is -2.07. The van der Waals surface area contributed by atoms with Crippen molar-refractivity contribution < 1.29 is 0 Å². The molecule has 0 saturated carbocycles. The maximum Gasteiger partial charge on any atom is 0.161 e. The summed E-state index contributed by atoms with van der Waals surface area (Å²) in [4.78, 5) is 4.52. The van der Waals surface area contributed by atoms with E-state index >= 15 is 0 Å². The zero-order valence-electron chi connectivity index (χ0n) is 9.24.